The summed E-state index contributed by atoms with van der Waals surface area (Å²) in [5, 5.41) is 11.2. The molecule has 0 bridgehead atoms. The number of rotatable bonds is 11. The maximum absolute atomic E-state index is 12.8. The van der Waals surface area contributed by atoms with Gasteiger partial charge < -0.3 is 24.3 Å². The average molecular weight is 498 g/mol. The number of hydrogen-bond acceptors (Lipinski definition) is 8. The van der Waals surface area contributed by atoms with Gasteiger partial charge in [-0.05, 0) is 26.8 Å². The van der Waals surface area contributed by atoms with Gasteiger partial charge in [-0.25, -0.2) is 0 Å². The highest BCUT2D eigenvalue weighted by Crippen LogP contribution is 2.41. The molecule has 1 unspecified atom stereocenters. The van der Waals surface area contributed by atoms with E-state index >= 15 is 0 Å². The van der Waals surface area contributed by atoms with Crippen LogP contribution in [0, 0.1) is 0 Å². The minimum Gasteiger partial charge on any atom is -0.494 e. The summed E-state index contributed by atoms with van der Waals surface area (Å²) in [4.78, 5) is 25.0. The van der Waals surface area contributed by atoms with E-state index in [4.69, 9.17) is 42.1 Å². The van der Waals surface area contributed by atoms with E-state index < -0.39 is 17.7 Å². The first-order valence-corrected chi connectivity index (χ1v) is 10.7. The fourth-order valence-corrected chi connectivity index (χ4v) is 3.26. The van der Waals surface area contributed by atoms with Crippen LogP contribution < -0.4 is 24.3 Å². The molecule has 0 spiro atoms. The molecule has 0 saturated heterocycles. The van der Waals surface area contributed by atoms with E-state index in [1.807, 2.05) is 6.92 Å². The van der Waals surface area contributed by atoms with Crippen molar-refractivity contribution in [2.24, 2.45) is 10.2 Å². The Balaban J connectivity index is 2.35. The summed E-state index contributed by atoms with van der Waals surface area (Å²) in [6.45, 7) is 5.60. The Bertz CT molecular complexity index is 1020. The minimum absolute atomic E-state index is 0.186. The molecule has 0 saturated carbocycles. The van der Waals surface area contributed by atoms with E-state index in [2.05, 4.69) is 15.5 Å². The highest BCUT2D eigenvalue weighted by molar-refractivity contribution is 6.32. The molecule has 1 amide bonds. The van der Waals surface area contributed by atoms with Crippen LogP contribution >= 0.6 is 23.2 Å². The quantitative estimate of drug-likeness (QED) is 0.324. The topological polar surface area (TPSA) is 108 Å². The molecule has 2 rings (SSSR count). The molecule has 1 N–H and O–H groups in total. The predicted octanol–water partition coefficient (Wildman–Crippen LogP) is 5.49. The molecule has 0 aromatic heterocycles. The van der Waals surface area contributed by atoms with Crippen molar-refractivity contribution in [1.29, 1.82) is 0 Å². The number of halogens is 2. The van der Waals surface area contributed by atoms with Crippen LogP contribution in [0.3, 0.4) is 0 Å². The highest BCUT2D eigenvalue weighted by Gasteiger charge is 2.25. The van der Waals surface area contributed by atoms with Gasteiger partial charge >= 0.3 is 0 Å². The van der Waals surface area contributed by atoms with Crippen molar-refractivity contribution in [2.75, 3.05) is 32.8 Å². The maximum atomic E-state index is 12.8. The second kappa shape index (κ2) is 12.3. The third-order valence-corrected chi connectivity index (χ3v) is 4.72. The lowest BCUT2D eigenvalue weighted by molar-refractivity contribution is -0.126. The molecular formula is C22H25Cl2N3O6. The number of anilines is 1. The van der Waals surface area contributed by atoms with Gasteiger partial charge in [0.1, 0.15) is 0 Å². The lowest BCUT2D eigenvalue weighted by atomic mass is 10.2. The van der Waals surface area contributed by atoms with Gasteiger partial charge in [-0.1, -0.05) is 23.2 Å². The van der Waals surface area contributed by atoms with Gasteiger partial charge in [0, 0.05) is 28.9 Å². The lowest BCUT2D eigenvalue weighted by Gasteiger charge is -2.16. The van der Waals surface area contributed by atoms with Crippen molar-refractivity contribution < 1.29 is 28.5 Å². The second-order valence-corrected chi connectivity index (χ2v) is 7.37. The molecule has 0 radical (unpaired) electrons. The van der Waals surface area contributed by atoms with Crippen LogP contribution in [0.25, 0.3) is 0 Å². The number of Topliss-reactive ketones (excluding diaryl/α,β-unsaturated/α-hetero) is 1. The number of amides is 1. The molecule has 0 fully saturated rings. The number of carbonyl (C=O) groups is 2. The highest BCUT2D eigenvalue weighted by atomic mass is 35.5. The number of nitrogens with zero attached hydrogens (tertiary/aromatic N) is 2. The fraction of sp³-hybridized carbons (Fsp3) is 0.364. The average Bonchev–Trinajstić information content (AvgIpc) is 2.76. The number of carbonyl (C=O) groups excluding carboxylic acids is 2. The molecule has 2 aromatic rings. The van der Waals surface area contributed by atoms with Crippen molar-refractivity contribution in [2.45, 2.75) is 26.8 Å². The van der Waals surface area contributed by atoms with E-state index in [9.17, 15) is 9.59 Å². The Morgan fingerprint density at radius 3 is 2.09 bits per heavy atom. The van der Waals surface area contributed by atoms with Gasteiger partial charge in [-0.3, -0.25) is 9.59 Å². The largest absolute Gasteiger partial charge is 0.494 e. The van der Waals surface area contributed by atoms with Crippen LogP contribution in [-0.4, -0.2) is 45.2 Å². The van der Waals surface area contributed by atoms with Crippen LogP contribution in [0.15, 0.2) is 34.5 Å². The smallest absolute Gasteiger partial charge is 0.258 e. The van der Waals surface area contributed by atoms with Crippen LogP contribution in [0.2, 0.25) is 10.0 Å². The van der Waals surface area contributed by atoms with Crippen LogP contribution in [-0.2, 0) is 9.59 Å². The summed E-state index contributed by atoms with van der Waals surface area (Å²) in [5.74, 6) is 0.0319. The SMILES string of the molecule is CCOc1cc(NC(=O)C(N=Nc2c(OC)cc(Cl)cc2OC)C(C)=O)cc(Cl)c1OCC. The van der Waals surface area contributed by atoms with Crippen molar-refractivity contribution in [3.8, 4) is 23.0 Å². The van der Waals surface area contributed by atoms with Crippen LogP contribution in [0.5, 0.6) is 23.0 Å². The molecule has 0 aliphatic rings. The molecular weight excluding hydrogens is 473 g/mol. The van der Waals surface area contributed by atoms with Crippen molar-refractivity contribution >= 4 is 46.3 Å². The monoisotopic (exact) mass is 497 g/mol. The Kier molecular flexibility index (Phi) is 9.74. The molecule has 33 heavy (non-hydrogen) atoms. The van der Waals surface area contributed by atoms with E-state index in [0.717, 1.165) is 0 Å². The zero-order valence-corrected chi connectivity index (χ0v) is 20.4. The van der Waals surface area contributed by atoms with Gasteiger partial charge in [-0.2, -0.15) is 5.11 Å². The van der Waals surface area contributed by atoms with E-state index in [1.165, 1.54) is 39.3 Å². The molecule has 0 aliphatic heterocycles. The number of methoxy groups -OCH3 is 2. The number of ketones is 1. The molecule has 1 atom stereocenters. The Labute approximate surface area is 202 Å². The van der Waals surface area contributed by atoms with Crippen molar-refractivity contribution in [3.63, 3.8) is 0 Å². The maximum Gasteiger partial charge on any atom is 0.258 e. The van der Waals surface area contributed by atoms with E-state index in [-0.39, 0.29) is 22.2 Å². The van der Waals surface area contributed by atoms with E-state index in [1.54, 1.807) is 13.0 Å². The molecule has 178 valence electrons. The Hall–Kier alpha value is -3.04. The fourth-order valence-electron chi connectivity index (χ4n) is 2.79. The summed E-state index contributed by atoms with van der Waals surface area (Å²) >= 11 is 12.3. The number of ether oxygens (including phenoxy) is 4. The third-order valence-electron chi connectivity index (χ3n) is 4.22. The predicted molar refractivity (Wildman–Crippen MR) is 126 cm³/mol. The van der Waals surface area contributed by atoms with Gasteiger partial charge in [-0.15, -0.1) is 5.11 Å². The normalized spacial score (nSPS) is 11.7. The summed E-state index contributed by atoms with van der Waals surface area (Å²) in [5.41, 5.74) is 0.492. The molecule has 2 aromatic carbocycles. The lowest BCUT2D eigenvalue weighted by Crippen LogP contribution is -2.31. The zero-order chi connectivity index (χ0) is 24.5. The number of azo groups is 1. The first-order valence-electron chi connectivity index (χ1n) is 9.98. The summed E-state index contributed by atoms with van der Waals surface area (Å²) in [6, 6.07) is 4.64. The summed E-state index contributed by atoms with van der Waals surface area (Å²) < 4.78 is 21.6. The summed E-state index contributed by atoms with van der Waals surface area (Å²) in [7, 11) is 2.84. The van der Waals surface area contributed by atoms with Crippen LogP contribution in [0.4, 0.5) is 11.4 Å². The first kappa shape index (κ1) is 26.2. The molecule has 9 nitrogen and oxygen atoms in total. The van der Waals surface area contributed by atoms with Gasteiger partial charge in [0.05, 0.1) is 32.5 Å². The standard InChI is InChI=1S/C22H25Cl2N3O6/c1-6-32-18-11-14(10-15(24)21(18)33-7-2)25-22(29)19(12(3)28)26-27-20-16(30-4)8-13(23)9-17(20)31-5/h8-11,19H,6-7H2,1-5H3,(H,25,29). The molecule has 0 aliphatic carbocycles. The second-order valence-electron chi connectivity index (χ2n) is 6.53. The third kappa shape index (κ3) is 6.72. The van der Waals surface area contributed by atoms with Crippen LogP contribution in [0.1, 0.15) is 20.8 Å². The van der Waals surface area contributed by atoms with Gasteiger partial charge in [0.25, 0.3) is 5.91 Å². The number of hydrogen-bond donors (Lipinski definition) is 1. The molecule has 0 heterocycles. The summed E-state index contributed by atoms with van der Waals surface area (Å²) in [6.07, 6.45) is 0. The minimum atomic E-state index is -1.43. The van der Waals surface area contributed by atoms with Crippen molar-refractivity contribution in [1.82, 2.24) is 0 Å². The van der Waals surface area contributed by atoms with Gasteiger partial charge in [0.15, 0.2) is 34.5 Å². The van der Waals surface area contributed by atoms with E-state index in [0.29, 0.717) is 35.4 Å². The molecule has 11 heteroatoms. The number of nitrogens with one attached hydrogen (secondary N) is 1. The van der Waals surface area contributed by atoms with Gasteiger partial charge in [0.2, 0.25) is 6.04 Å². The number of benzene rings is 2. The Morgan fingerprint density at radius 2 is 1.58 bits per heavy atom. The zero-order valence-electron chi connectivity index (χ0n) is 18.9. The Morgan fingerprint density at radius 1 is 0.970 bits per heavy atom. The first-order chi connectivity index (χ1) is 15.7. The van der Waals surface area contributed by atoms with Crippen molar-refractivity contribution in [3.05, 3.63) is 34.3 Å².